The number of carbonyl (C=O) groups is 1. The molecule has 26 heavy (non-hydrogen) atoms. The van der Waals surface area contributed by atoms with E-state index in [-0.39, 0.29) is 11.9 Å². The van der Waals surface area contributed by atoms with Gasteiger partial charge in [0.1, 0.15) is 5.82 Å². The Labute approximate surface area is 152 Å². The second-order valence-corrected chi connectivity index (χ2v) is 6.50. The Morgan fingerprint density at radius 2 is 2.19 bits per heavy atom. The lowest BCUT2D eigenvalue weighted by Gasteiger charge is -2.24. The quantitative estimate of drug-likeness (QED) is 0.765. The highest BCUT2D eigenvalue weighted by Crippen LogP contribution is 2.31. The number of likely N-dealkylation sites (tertiary alicyclic amines) is 1. The van der Waals surface area contributed by atoms with Crippen LogP contribution in [0.15, 0.2) is 43.0 Å². The van der Waals surface area contributed by atoms with Gasteiger partial charge in [-0.25, -0.2) is 9.97 Å². The average Bonchev–Trinajstić information content (AvgIpc) is 3.33. The smallest absolute Gasteiger partial charge is 0.224 e. The van der Waals surface area contributed by atoms with Gasteiger partial charge in [0.05, 0.1) is 41.5 Å². The molecule has 4 rings (SSSR count). The number of nitrogens with one attached hydrogen (secondary N) is 1. The normalized spacial score (nSPS) is 17.0. The van der Waals surface area contributed by atoms with Crippen molar-refractivity contribution in [3.63, 3.8) is 0 Å². The van der Waals surface area contributed by atoms with Crippen LogP contribution in [-0.2, 0) is 11.3 Å². The largest absolute Gasteiger partial charge is 0.372 e. The number of hydrogen-bond donors (Lipinski definition) is 1. The molecule has 0 spiro atoms. The zero-order valence-electron chi connectivity index (χ0n) is 14.8. The highest BCUT2D eigenvalue weighted by atomic mass is 16.2. The number of aryl methyl sites for hydroxylation is 1. The lowest BCUT2D eigenvalue weighted by molar-refractivity contribution is -0.132. The molecule has 0 aliphatic carbocycles. The minimum atomic E-state index is 0.0165. The van der Waals surface area contributed by atoms with Crippen LogP contribution in [0.5, 0.6) is 0 Å². The van der Waals surface area contributed by atoms with Gasteiger partial charge in [-0.15, -0.1) is 0 Å². The first-order valence-electron chi connectivity index (χ1n) is 8.95. The molecule has 1 N–H and O–H groups in total. The van der Waals surface area contributed by atoms with Gasteiger partial charge in [-0.1, -0.05) is 12.1 Å². The van der Waals surface area contributed by atoms with Crippen LogP contribution in [0, 0.1) is 0 Å². The van der Waals surface area contributed by atoms with Crippen molar-refractivity contribution < 1.29 is 4.79 Å². The molecule has 134 valence electrons. The maximum absolute atomic E-state index is 12.8. The Hall–Kier alpha value is -2.96. The third kappa shape index (κ3) is 3.12. The van der Waals surface area contributed by atoms with E-state index in [2.05, 4.69) is 20.3 Å². The third-order valence-electron chi connectivity index (χ3n) is 4.92. The van der Waals surface area contributed by atoms with Crippen molar-refractivity contribution in [2.75, 3.05) is 18.9 Å². The topological polar surface area (TPSA) is 75.9 Å². The Bertz CT molecular complexity index is 921. The zero-order chi connectivity index (χ0) is 17.9. The van der Waals surface area contributed by atoms with E-state index < -0.39 is 0 Å². The van der Waals surface area contributed by atoms with Crippen LogP contribution in [-0.4, -0.2) is 43.9 Å². The predicted octanol–water partition coefficient (Wildman–Crippen LogP) is 2.62. The van der Waals surface area contributed by atoms with Crippen LogP contribution in [0.1, 0.15) is 31.0 Å². The summed E-state index contributed by atoms with van der Waals surface area (Å²) in [4.78, 5) is 28.0. The molecule has 1 aliphatic rings. The summed E-state index contributed by atoms with van der Waals surface area (Å²) >= 11 is 0. The molecule has 0 unspecified atom stereocenters. The first kappa shape index (κ1) is 16.5. The van der Waals surface area contributed by atoms with Crippen molar-refractivity contribution in [3.05, 3.63) is 48.7 Å². The lowest BCUT2D eigenvalue weighted by atomic mass is 10.1. The molecule has 1 saturated heterocycles. The number of rotatable bonds is 5. The highest BCUT2D eigenvalue weighted by Gasteiger charge is 2.31. The Kier molecular flexibility index (Phi) is 4.51. The van der Waals surface area contributed by atoms with Crippen LogP contribution in [0.2, 0.25) is 0 Å². The number of benzene rings is 1. The fourth-order valence-corrected chi connectivity index (χ4v) is 3.58. The van der Waals surface area contributed by atoms with Gasteiger partial charge in [0.25, 0.3) is 0 Å². The van der Waals surface area contributed by atoms with Gasteiger partial charge in [-0.3, -0.25) is 9.78 Å². The molecule has 7 nitrogen and oxygen atoms in total. The number of aromatic nitrogens is 4. The standard InChI is InChI=1S/C19H22N6O/c1-20-18-12-21-11-15(23-18)17-7-4-9-25(17)19(26)8-10-24-13-22-14-5-2-3-6-16(14)24/h2-3,5-6,11-13,17H,4,7-10H2,1H3,(H,20,23)/t17-/m0/s1. The molecular formula is C19H22N6O. The minimum absolute atomic E-state index is 0.0165. The molecule has 3 aromatic rings. The number of anilines is 1. The number of imidazole rings is 1. The summed E-state index contributed by atoms with van der Waals surface area (Å²) in [6.07, 6.45) is 7.64. The molecule has 1 atom stereocenters. The number of hydrogen-bond acceptors (Lipinski definition) is 5. The van der Waals surface area contributed by atoms with Crippen LogP contribution < -0.4 is 5.32 Å². The second-order valence-electron chi connectivity index (χ2n) is 6.50. The number of amides is 1. The van der Waals surface area contributed by atoms with Crippen molar-refractivity contribution in [2.45, 2.75) is 31.8 Å². The van der Waals surface area contributed by atoms with Crippen LogP contribution in [0.4, 0.5) is 5.82 Å². The van der Waals surface area contributed by atoms with E-state index in [1.54, 1.807) is 18.7 Å². The maximum Gasteiger partial charge on any atom is 0.224 e. The van der Waals surface area contributed by atoms with Gasteiger partial charge in [0, 0.05) is 26.6 Å². The minimum Gasteiger partial charge on any atom is -0.372 e. The van der Waals surface area contributed by atoms with Crippen molar-refractivity contribution >= 4 is 22.8 Å². The number of fused-ring (bicyclic) bond motifs is 1. The average molecular weight is 350 g/mol. The molecular weight excluding hydrogens is 328 g/mol. The van der Waals surface area contributed by atoms with Gasteiger partial charge in [-0.05, 0) is 25.0 Å². The highest BCUT2D eigenvalue weighted by molar-refractivity contribution is 5.78. The Morgan fingerprint density at radius 3 is 3.08 bits per heavy atom. The summed E-state index contributed by atoms with van der Waals surface area (Å²) in [6, 6.07) is 8.00. The first-order chi connectivity index (χ1) is 12.8. The maximum atomic E-state index is 12.8. The molecule has 0 radical (unpaired) electrons. The fourth-order valence-electron chi connectivity index (χ4n) is 3.58. The van der Waals surface area contributed by atoms with Gasteiger partial charge in [-0.2, -0.15) is 0 Å². The Morgan fingerprint density at radius 1 is 1.31 bits per heavy atom. The second kappa shape index (κ2) is 7.11. The summed E-state index contributed by atoms with van der Waals surface area (Å²) in [7, 11) is 1.82. The molecule has 0 bridgehead atoms. The van der Waals surface area contributed by atoms with Crippen molar-refractivity contribution in [1.82, 2.24) is 24.4 Å². The lowest BCUT2D eigenvalue weighted by Crippen LogP contribution is -2.31. The fraction of sp³-hybridized carbons (Fsp3) is 0.368. The van der Waals surface area contributed by atoms with Crippen molar-refractivity contribution in [1.29, 1.82) is 0 Å². The summed E-state index contributed by atoms with van der Waals surface area (Å²) in [6.45, 7) is 1.41. The molecule has 7 heteroatoms. The van der Waals surface area contributed by atoms with Crippen molar-refractivity contribution in [3.8, 4) is 0 Å². The van der Waals surface area contributed by atoms with Crippen LogP contribution >= 0.6 is 0 Å². The summed E-state index contributed by atoms with van der Waals surface area (Å²) in [5.74, 6) is 0.883. The van der Waals surface area contributed by atoms with Gasteiger partial charge in [0.2, 0.25) is 5.91 Å². The van der Waals surface area contributed by atoms with E-state index >= 15 is 0 Å². The van der Waals surface area contributed by atoms with E-state index in [9.17, 15) is 4.79 Å². The number of para-hydroxylation sites is 2. The molecule has 2 aromatic heterocycles. The van der Waals surface area contributed by atoms with E-state index in [0.717, 1.165) is 41.9 Å². The molecule has 1 amide bonds. The third-order valence-corrected chi connectivity index (χ3v) is 4.92. The van der Waals surface area contributed by atoms with E-state index in [4.69, 9.17) is 0 Å². The molecule has 3 heterocycles. The number of nitrogens with zero attached hydrogens (tertiary/aromatic N) is 5. The van der Waals surface area contributed by atoms with Gasteiger partial charge in [0.15, 0.2) is 0 Å². The van der Waals surface area contributed by atoms with Crippen molar-refractivity contribution in [2.24, 2.45) is 0 Å². The van der Waals surface area contributed by atoms with Gasteiger partial charge >= 0.3 is 0 Å². The molecule has 1 fully saturated rings. The number of carbonyl (C=O) groups excluding carboxylic acids is 1. The molecule has 1 aromatic carbocycles. The SMILES string of the molecule is CNc1cncc([C@@H]2CCCN2C(=O)CCn2cnc3ccccc32)n1. The summed E-state index contributed by atoms with van der Waals surface area (Å²) in [5, 5.41) is 3.01. The zero-order valence-corrected chi connectivity index (χ0v) is 14.8. The van der Waals surface area contributed by atoms with E-state index in [0.29, 0.717) is 13.0 Å². The van der Waals surface area contributed by atoms with E-state index in [1.165, 1.54) is 0 Å². The van der Waals surface area contributed by atoms with Crippen LogP contribution in [0.3, 0.4) is 0 Å². The van der Waals surface area contributed by atoms with Gasteiger partial charge < -0.3 is 14.8 Å². The summed E-state index contributed by atoms with van der Waals surface area (Å²) in [5.41, 5.74) is 2.87. The Balaban J connectivity index is 1.46. The molecule has 1 aliphatic heterocycles. The van der Waals surface area contributed by atoms with Crippen LogP contribution in [0.25, 0.3) is 11.0 Å². The monoisotopic (exact) mass is 350 g/mol. The predicted molar refractivity (Wildman–Crippen MR) is 99.6 cm³/mol. The summed E-state index contributed by atoms with van der Waals surface area (Å²) < 4.78 is 2.04. The van der Waals surface area contributed by atoms with E-state index in [1.807, 2.05) is 40.8 Å². The molecule has 0 saturated carbocycles. The first-order valence-corrected chi connectivity index (χ1v) is 8.95.